The van der Waals surface area contributed by atoms with E-state index in [2.05, 4.69) is 0 Å². The highest BCUT2D eigenvalue weighted by Gasteiger charge is 2.55. The third kappa shape index (κ3) is 2.16. The molecule has 2 fully saturated rings. The highest BCUT2D eigenvalue weighted by Crippen LogP contribution is 2.49. The summed E-state index contributed by atoms with van der Waals surface area (Å²) in [5.41, 5.74) is 0.753. The Hall–Kier alpha value is -2.04. The van der Waals surface area contributed by atoms with E-state index in [1.165, 1.54) is 0 Å². The number of carboxylic acid groups (broad SMARTS) is 1. The topological polar surface area (TPSA) is 66.8 Å². The molecule has 1 aliphatic carbocycles. The van der Waals surface area contributed by atoms with Crippen molar-refractivity contribution in [2.45, 2.75) is 26.2 Å². The molecule has 0 bridgehead atoms. The van der Waals surface area contributed by atoms with Gasteiger partial charge in [0.15, 0.2) is 0 Å². The van der Waals surface area contributed by atoms with Crippen LogP contribution in [0.4, 0.5) is 0 Å². The molecular formula is C17H21NO4. The molecule has 22 heavy (non-hydrogen) atoms. The number of nitrogens with zero attached hydrogens (tertiary/aromatic N) is 1. The van der Waals surface area contributed by atoms with Gasteiger partial charge < -0.3 is 14.7 Å². The number of carbonyl (C=O) groups excluding carboxylic acids is 1. The fourth-order valence-corrected chi connectivity index (χ4v) is 3.97. The summed E-state index contributed by atoms with van der Waals surface area (Å²) in [6.45, 7) is 2.76. The number of aliphatic carboxylic acids is 1. The number of ether oxygens (including phenoxy) is 1. The van der Waals surface area contributed by atoms with E-state index in [0.29, 0.717) is 30.8 Å². The van der Waals surface area contributed by atoms with Gasteiger partial charge in [0.1, 0.15) is 5.75 Å². The quantitative estimate of drug-likeness (QED) is 0.930. The predicted molar refractivity (Wildman–Crippen MR) is 81.0 cm³/mol. The fraction of sp³-hybridized carbons (Fsp3) is 0.529. The average molecular weight is 303 g/mol. The third-order valence-electron chi connectivity index (χ3n) is 5.25. The molecule has 1 amide bonds. The molecule has 1 aromatic rings. The van der Waals surface area contributed by atoms with Crippen LogP contribution in [0.15, 0.2) is 18.2 Å². The highest BCUT2D eigenvalue weighted by atomic mass is 16.5. The van der Waals surface area contributed by atoms with Crippen LogP contribution in [0.5, 0.6) is 5.75 Å². The summed E-state index contributed by atoms with van der Waals surface area (Å²) in [5, 5.41) is 9.61. The molecule has 5 nitrogen and oxygen atoms in total. The van der Waals surface area contributed by atoms with Crippen LogP contribution < -0.4 is 4.74 Å². The van der Waals surface area contributed by atoms with Crippen molar-refractivity contribution in [3.63, 3.8) is 0 Å². The lowest BCUT2D eigenvalue weighted by atomic mass is 9.81. The molecule has 5 heteroatoms. The van der Waals surface area contributed by atoms with Gasteiger partial charge in [0.25, 0.3) is 5.91 Å². The molecule has 1 aliphatic heterocycles. The minimum atomic E-state index is -0.753. The summed E-state index contributed by atoms with van der Waals surface area (Å²) in [7, 11) is 1.59. The molecule has 1 heterocycles. The second kappa shape index (κ2) is 5.30. The molecule has 0 radical (unpaired) electrons. The van der Waals surface area contributed by atoms with E-state index in [1.807, 2.05) is 13.0 Å². The van der Waals surface area contributed by atoms with E-state index >= 15 is 0 Å². The molecular weight excluding hydrogens is 282 g/mol. The van der Waals surface area contributed by atoms with Crippen LogP contribution >= 0.6 is 0 Å². The lowest BCUT2D eigenvalue weighted by Crippen LogP contribution is -2.37. The first-order chi connectivity index (χ1) is 10.5. The van der Waals surface area contributed by atoms with Gasteiger partial charge in [0, 0.05) is 18.7 Å². The van der Waals surface area contributed by atoms with Crippen molar-refractivity contribution in [3.8, 4) is 5.75 Å². The van der Waals surface area contributed by atoms with Gasteiger partial charge in [-0.25, -0.2) is 0 Å². The van der Waals surface area contributed by atoms with Crippen LogP contribution in [0, 0.1) is 18.3 Å². The first-order valence-electron chi connectivity index (χ1n) is 7.65. The van der Waals surface area contributed by atoms with Gasteiger partial charge in [0.2, 0.25) is 0 Å². The molecule has 2 atom stereocenters. The smallest absolute Gasteiger partial charge is 0.311 e. The highest BCUT2D eigenvalue weighted by molar-refractivity contribution is 5.96. The lowest BCUT2D eigenvalue weighted by Gasteiger charge is -2.23. The number of rotatable bonds is 3. The molecule has 0 aromatic heterocycles. The van der Waals surface area contributed by atoms with E-state index in [1.54, 1.807) is 24.1 Å². The van der Waals surface area contributed by atoms with Crippen LogP contribution in [0.1, 0.15) is 35.2 Å². The second-order valence-corrected chi connectivity index (χ2v) is 6.42. The Kier molecular flexibility index (Phi) is 3.59. The Morgan fingerprint density at radius 3 is 2.77 bits per heavy atom. The maximum atomic E-state index is 12.8. The van der Waals surface area contributed by atoms with Crippen molar-refractivity contribution in [3.05, 3.63) is 29.3 Å². The van der Waals surface area contributed by atoms with Crippen molar-refractivity contribution in [1.82, 2.24) is 4.90 Å². The summed E-state index contributed by atoms with van der Waals surface area (Å²) < 4.78 is 5.16. The first kappa shape index (κ1) is 14.9. The summed E-state index contributed by atoms with van der Waals surface area (Å²) >= 11 is 0. The SMILES string of the molecule is COc1ccc(C(=O)N2C[C@@H]3CCC[C@@]3(C(=O)O)C2)c(C)c1. The Labute approximate surface area is 129 Å². The minimum absolute atomic E-state index is 0.0739. The molecule has 1 N–H and O–H groups in total. The number of carbonyl (C=O) groups is 2. The van der Waals surface area contributed by atoms with Gasteiger partial charge in [-0.05, 0) is 49.4 Å². The molecule has 2 aliphatic rings. The Balaban J connectivity index is 1.84. The maximum Gasteiger partial charge on any atom is 0.311 e. The van der Waals surface area contributed by atoms with Crippen LogP contribution in [0.2, 0.25) is 0 Å². The monoisotopic (exact) mass is 303 g/mol. The minimum Gasteiger partial charge on any atom is -0.497 e. The number of benzene rings is 1. The van der Waals surface area contributed by atoms with Crippen molar-refractivity contribution in [2.75, 3.05) is 20.2 Å². The fourth-order valence-electron chi connectivity index (χ4n) is 3.97. The van der Waals surface area contributed by atoms with E-state index < -0.39 is 11.4 Å². The number of hydrogen-bond acceptors (Lipinski definition) is 3. The number of carboxylic acids is 1. The van der Waals surface area contributed by atoms with E-state index in [-0.39, 0.29) is 11.8 Å². The zero-order chi connectivity index (χ0) is 15.9. The summed E-state index contributed by atoms with van der Waals surface area (Å²) in [6.07, 6.45) is 2.52. The van der Waals surface area contributed by atoms with Gasteiger partial charge in [-0.2, -0.15) is 0 Å². The second-order valence-electron chi connectivity index (χ2n) is 6.42. The largest absolute Gasteiger partial charge is 0.497 e. The Morgan fingerprint density at radius 2 is 2.18 bits per heavy atom. The van der Waals surface area contributed by atoms with E-state index in [0.717, 1.165) is 18.4 Å². The van der Waals surface area contributed by atoms with Crippen molar-refractivity contribution in [1.29, 1.82) is 0 Å². The van der Waals surface area contributed by atoms with Gasteiger partial charge >= 0.3 is 5.97 Å². The molecule has 1 saturated heterocycles. The number of hydrogen-bond donors (Lipinski definition) is 1. The van der Waals surface area contributed by atoms with Crippen LogP contribution in [0.3, 0.4) is 0 Å². The van der Waals surface area contributed by atoms with Gasteiger partial charge in [-0.3, -0.25) is 9.59 Å². The summed E-state index contributed by atoms with van der Waals surface area (Å²) in [5.74, 6) is -0.0196. The van der Waals surface area contributed by atoms with Crippen molar-refractivity contribution in [2.24, 2.45) is 11.3 Å². The molecule has 118 valence electrons. The zero-order valence-corrected chi connectivity index (χ0v) is 13.0. The molecule has 1 aromatic carbocycles. The molecule has 3 rings (SSSR count). The van der Waals surface area contributed by atoms with Crippen molar-refractivity contribution < 1.29 is 19.4 Å². The van der Waals surface area contributed by atoms with Gasteiger partial charge in [-0.15, -0.1) is 0 Å². The zero-order valence-electron chi connectivity index (χ0n) is 13.0. The Morgan fingerprint density at radius 1 is 1.41 bits per heavy atom. The van der Waals surface area contributed by atoms with Gasteiger partial charge in [0.05, 0.1) is 12.5 Å². The third-order valence-corrected chi connectivity index (χ3v) is 5.25. The van der Waals surface area contributed by atoms with Gasteiger partial charge in [-0.1, -0.05) is 6.42 Å². The van der Waals surface area contributed by atoms with Crippen LogP contribution in [-0.2, 0) is 4.79 Å². The number of amides is 1. The Bertz CT molecular complexity index is 627. The van der Waals surface area contributed by atoms with E-state index in [4.69, 9.17) is 4.74 Å². The van der Waals surface area contributed by atoms with E-state index in [9.17, 15) is 14.7 Å². The van der Waals surface area contributed by atoms with Crippen LogP contribution in [0.25, 0.3) is 0 Å². The summed E-state index contributed by atoms with van der Waals surface area (Å²) in [6, 6.07) is 5.36. The molecule has 1 saturated carbocycles. The molecule has 0 unspecified atom stereocenters. The lowest BCUT2D eigenvalue weighted by molar-refractivity contribution is -0.149. The number of likely N-dealkylation sites (tertiary alicyclic amines) is 1. The standard InChI is InChI=1S/C17H21NO4/c1-11-8-13(22-2)5-6-14(11)15(19)18-9-12-4-3-7-17(12,10-18)16(20)21/h5-6,8,12H,3-4,7,9-10H2,1-2H3,(H,20,21)/t12-,17+/m0/s1. The number of fused-ring (bicyclic) bond motifs is 1. The molecule has 0 spiro atoms. The normalized spacial score (nSPS) is 26.8. The maximum absolute atomic E-state index is 12.8. The number of methoxy groups -OCH3 is 1. The first-order valence-corrected chi connectivity index (χ1v) is 7.65. The number of aryl methyl sites for hydroxylation is 1. The van der Waals surface area contributed by atoms with Crippen molar-refractivity contribution >= 4 is 11.9 Å². The van der Waals surface area contributed by atoms with Crippen LogP contribution in [-0.4, -0.2) is 42.1 Å². The summed E-state index contributed by atoms with van der Waals surface area (Å²) in [4.78, 5) is 26.2. The predicted octanol–water partition coefficient (Wildman–Crippen LogP) is 2.33. The average Bonchev–Trinajstić information content (AvgIpc) is 3.04.